The van der Waals surface area contributed by atoms with Crippen LogP contribution in [-0.4, -0.2) is 86.4 Å². The van der Waals surface area contributed by atoms with E-state index in [0.717, 1.165) is 21.5 Å². The minimum atomic E-state index is -0.626. The summed E-state index contributed by atoms with van der Waals surface area (Å²) < 4.78 is 2.64. The molecule has 0 aromatic carbocycles. The van der Waals surface area contributed by atoms with E-state index in [9.17, 15) is 10.1 Å². The number of hydrazone groups is 1. The lowest BCUT2D eigenvalue weighted by molar-refractivity contribution is -0.145. The van der Waals surface area contributed by atoms with E-state index in [4.69, 9.17) is 5.11 Å². The molecule has 33 heavy (non-hydrogen) atoms. The molecule has 3 aromatic heterocycles. The fourth-order valence-corrected chi connectivity index (χ4v) is 4.66. The van der Waals surface area contributed by atoms with Gasteiger partial charge in [-0.3, -0.25) is 14.5 Å². The highest BCUT2D eigenvalue weighted by molar-refractivity contribution is 7.17. The van der Waals surface area contributed by atoms with Gasteiger partial charge in [0.05, 0.1) is 41.1 Å². The summed E-state index contributed by atoms with van der Waals surface area (Å²) in [4.78, 5) is 27.1. The largest absolute Gasteiger partial charge is 0.387 e. The molecular formula is C21H23N9O2S. The Morgan fingerprint density at radius 1 is 1.45 bits per heavy atom. The number of rotatable bonds is 8. The molecule has 1 saturated heterocycles. The Bertz CT molecular complexity index is 1270. The Balaban J connectivity index is 1.68. The first kappa shape index (κ1) is 22.5. The van der Waals surface area contributed by atoms with Crippen LogP contribution in [0.5, 0.6) is 0 Å². The second-order valence-corrected chi connectivity index (χ2v) is 8.87. The smallest absolute Gasteiger partial charge is 0.250 e. The Morgan fingerprint density at radius 3 is 2.94 bits per heavy atom. The number of hydrogen-bond acceptors (Lipinski definition) is 10. The van der Waals surface area contributed by atoms with Gasteiger partial charge in [-0.2, -0.15) is 15.5 Å². The van der Waals surface area contributed by atoms with E-state index in [0.29, 0.717) is 31.3 Å². The maximum atomic E-state index is 11.8. The molecule has 4 heterocycles. The van der Waals surface area contributed by atoms with Crippen molar-refractivity contribution in [1.82, 2.24) is 29.7 Å². The number of likely N-dealkylation sites (tertiary alicyclic amines) is 1. The molecule has 11 nitrogen and oxygen atoms in total. The Hall–Kier alpha value is -3.69. The van der Waals surface area contributed by atoms with Crippen LogP contribution in [0.4, 0.5) is 5.95 Å². The van der Waals surface area contributed by atoms with Crippen molar-refractivity contribution >= 4 is 45.8 Å². The van der Waals surface area contributed by atoms with Crippen LogP contribution in [0.1, 0.15) is 13.3 Å². The fraction of sp³-hybridized carbons (Fsp3) is 0.381. The van der Waals surface area contributed by atoms with Crippen molar-refractivity contribution in [3.63, 3.8) is 0 Å². The molecule has 1 amide bonds. The van der Waals surface area contributed by atoms with Gasteiger partial charge in [0.1, 0.15) is 12.1 Å². The van der Waals surface area contributed by atoms with Crippen LogP contribution in [0.3, 0.4) is 0 Å². The molecule has 0 atom stereocenters. The molecule has 0 unspecified atom stereocenters. The maximum absolute atomic E-state index is 11.8. The first-order valence-corrected chi connectivity index (χ1v) is 11.1. The number of hydrogen-bond donors (Lipinski definition) is 1. The number of aromatic nitrogens is 4. The number of aliphatic hydroxyl groups is 1. The van der Waals surface area contributed by atoms with Crippen LogP contribution >= 0.6 is 11.3 Å². The molecule has 3 aromatic rings. The van der Waals surface area contributed by atoms with E-state index in [1.807, 2.05) is 31.6 Å². The number of nitrogens with zero attached hydrogens (tertiary/aromatic N) is 9. The highest BCUT2D eigenvalue weighted by Gasteiger charge is 2.47. The highest BCUT2D eigenvalue weighted by atomic mass is 32.1. The molecular weight excluding hydrogens is 442 g/mol. The highest BCUT2D eigenvalue weighted by Crippen LogP contribution is 2.36. The van der Waals surface area contributed by atoms with Gasteiger partial charge in [0, 0.05) is 44.3 Å². The molecule has 1 N–H and O–H groups in total. The molecule has 0 radical (unpaired) electrons. The summed E-state index contributed by atoms with van der Waals surface area (Å²) in [5, 5.41) is 30.4. The van der Waals surface area contributed by atoms with Crippen LogP contribution in [0.25, 0.3) is 21.5 Å². The molecule has 0 bridgehead atoms. The van der Waals surface area contributed by atoms with Gasteiger partial charge < -0.3 is 10.0 Å². The Morgan fingerprint density at radius 2 is 2.24 bits per heavy atom. The number of amides is 1. The summed E-state index contributed by atoms with van der Waals surface area (Å²) in [5.41, 5.74) is 2.43. The zero-order chi connectivity index (χ0) is 23.6. The second kappa shape index (κ2) is 9.05. The van der Waals surface area contributed by atoms with Crippen LogP contribution < -0.4 is 0 Å². The van der Waals surface area contributed by atoms with Gasteiger partial charge in [0.15, 0.2) is 0 Å². The van der Waals surface area contributed by atoms with Gasteiger partial charge in [-0.15, -0.1) is 11.3 Å². The molecule has 0 aliphatic carbocycles. The lowest BCUT2D eigenvalue weighted by Crippen LogP contribution is -2.64. The third kappa shape index (κ3) is 4.33. The van der Waals surface area contributed by atoms with Crippen molar-refractivity contribution in [2.75, 3.05) is 33.3 Å². The van der Waals surface area contributed by atoms with Gasteiger partial charge in [0.2, 0.25) is 5.91 Å². The lowest BCUT2D eigenvalue weighted by atomic mass is 9.86. The predicted octanol–water partition coefficient (Wildman–Crippen LogP) is 1.64. The predicted molar refractivity (Wildman–Crippen MR) is 125 cm³/mol. The van der Waals surface area contributed by atoms with Crippen molar-refractivity contribution in [3.8, 4) is 17.3 Å². The van der Waals surface area contributed by atoms with E-state index >= 15 is 0 Å². The van der Waals surface area contributed by atoms with E-state index < -0.39 is 12.1 Å². The molecule has 1 aliphatic heterocycles. The third-order valence-corrected chi connectivity index (χ3v) is 6.40. The molecule has 0 spiro atoms. The summed E-state index contributed by atoms with van der Waals surface area (Å²) in [6.45, 7) is 5.97. The molecule has 1 aliphatic rings. The molecule has 170 valence electrons. The van der Waals surface area contributed by atoms with Gasteiger partial charge in [-0.1, -0.05) is 0 Å². The average Bonchev–Trinajstić information content (AvgIpc) is 3.44. The summed E-state index contributed by atoms with van der Waals surface area (Å²) in [6.07, 6.45) is 3.74. The van der Waals surface area contributed by atoms with Gasteiger partial charge in [-0.05, 0) is 18.4 Å². The van der Waals surface area contributed by atoms with E-state index in [1.165, 1.54) is 16.2 Å². The fourth-order valence-electron chi connectivity index (χ4n) is 3.81. The van der Waals surface area contributed by atoms with Crippen molar-refractivity contribution < 1.29 is 9.90 Å². The standard InChI is InChI=1S/C21H23N9O2S/c1-14(9-28(3)23-2)25-20-26-16-4-7-33-19(16)18(27-20)15-8-24-30(10-15)21(5-6-22)12-29(13-21)17(32)11-31/h4,7-8,10,31H,2,5,9,11-13H2,1,3H3. The maximum Gasteiger partial charge on any atom is 0.250 e. The van der Waals surface area contributed by atoms with Gasteiger partial charge in [-0.25, -0.2) is 15.0 Å². The number of nitriles is 1. The number of fused-ring (bicyclic) bond motifs is 1. The van der Waals surface area contributed by atoms with Gasteiger partial charge in [0.25, 0.3) is 5.95 Å². The summed E-state index contributed by atoms with van der Waals surface area (Å²) in [7, 11) is 1.81. The topological polar surface area (TPSA) is 136 Å². The number of carbonyl (C=O) groups is 1. The summed E-state index contributed by atoms with van der Waals surface area (Å²) in [5.74, 6) is -0.0177. The first-order valence-electron chi connectivity index (χ1n) is 10.2. The Labute approximate surface area is 194 Å². The van der Waals surface area contributed by atoms with E-state index in [1.54, 1.807) is 15.9 Å². The van der Waals surface area contributed by atoms with Crippen LogP contribution in [0.15, 0.2) is 33.9 Å². The zero-order valence-corrected chi connectivity index (χ0v) is 19.2. The number of aliphatic hydroxyl groups excluding tert-OH is 1. The zero-order valence-electron chi connectivity index (χ0n) is 18.3. The third-order valence-electron chi connectivity index (χ3n) is 5.49. The van der Waals surface area contributed by atoms with Crippen molar-refractivity contribution in [1.29, 1.82) is 5.26 Å². The van der Waals surface area contributed by atoms with Crippen LogP contribution in [0, 0.1) is 11.3 Å². The van der Waals surface area contributed by atoms with Crippen molar-refractivity contribution in [2.24, 2.45) is 10.1 Å². The number of aliphatic imine (C=N–C) groups is 1. The minimum Gasteiger partial charge on any atom is -0.387 e. The molecule has 0 saturated carbocycles. The van der Waals surface area contributed by atoms with E-state index in [2.05, 4.69) is 37.9 Å². The SMILES string of the molecule is C=NN(C)CC(C)=Nc1nc(-c2cnn(C3(CC#N)CN(C(=O)CO)C3)c2)c2sccc2n1. The van der Waals surface area contributed by atoms with Crippen LogP contribution in [0.2, 0.25) is 0 Å². The molecule has 12 heteroatoms. The normalized spacial score (nSPS) is 15.2. The molecule has 1 fully saturated rings. The quantitative estimate of drug-likeness (QED) is 0.394. The second-order valence-electron chi connectivity index (χ2n) is 7.95. The van der Waals surface area contributed by atoms with Crippen molar-refractivity contribution in [2.45, 2.75) is 18.9 Å². The lowest BCUT2D eigenvalue weighted by Gasteiger charge is -2.48. The molecule has 4 rings (SSSR count). The van der Waals surface area contributed by atoms with E-state index in [-0.39, 0.29) is 12.3 Å². The average molecular weight is 466 g/mol. The summed E-state index contributed by atoms with van der Waals surface area (Å²) >= 11 is 1.53. The first-order chi connectivity index (χ1) is 15.9. The van der Waals surface area contributed by atoms with Crippen molar-refractivity contribution in [3.05, 3.63) is 23.8 Å². The Kier molecular flexibility index (Phi) is 6.17. The number of thiophene rings is 1. The number of carbonyl (C=O) groups excluding carboxylic acids is 1. The summed E-state index contributed by atoms with van der Waals surface area (Å²) in [6, 6.07) is 4.11. The minimum absolute atomic E-state index is 0.196. The monoisotopic (exact) mass is 465 g/mol. The van der Waals surface area contributed by atoms with Gasteiger partial charge >= 0.3 is 0 Å². The van der Waals surface area contributed by atoms with Crippen LogP contribution in [-0.2, 0) is 10.3 Å².